The number of rotatable bonds is 5. The molecule has 0 bridgehead atoms. The molecule has 0 saturated heterocycles. The van der Waals surface area contributed by atoms with Crippen molar-refractivity contribution in [3.05, 3.63) is 65.2 Å². The molecule has 0 radical (unpaired) electrons. The Balaban J connectivity index is 2.06. The molecular weight excluding hydrogens is 314 g/mol. The van der Waals surface area contributed by atoms with Gasteiger partial charge in [-0.1, -0.05) is 41.9 Å². The van der Waals surface area contributed by atoms with Gasteiger partial charge in [0.05, 0.1) is 17.3 Å². The van der Waals surface area contributed by atoms with Gasteiger partial charge in [-0.3, -0.25) is 9.59 Å². The summed E-state index contributed by atoms with van der Waals surface area (Å²) in [6, 6.07) is 14.2. The van der Waals surface area contributed by atoms with E-state index in [-0.39, 0.29) is 18.4 Å². The highest BCUT2D eigenvalue weighted by Gasteiger charge is 2.06. The number of hydrogen-bond acceptors (Lipinski definition) is 3. The Bertz CT molecular complexity index is 730. The Labute approximate surface area is 139 Å². The molecule has 0 aliphatic carbocycles. The second-order valence-electron chi connectivity index (χ2n) is 4.68. The average Bonchev–Trinajstić information content (AvgIpc) is 2.57. The molecule has 0 spiro atoms. The van der Waals surface area contributed by atoms with Gasteiger partial charge in [0.25, 0.3) is 0 Å². The smallest absolute Gasteiger partial charge is 0.248 e. The van der Waals surface area contributed by atoms with E-state index in [4.69, 9.17) is 17.3 Å². The van der Waals surface area contributed by atoms with E-state index in [2.05, 4.69) is 10.6 Å². The molecule has 2 rings (SSSR count). The van der Waals surface area contributed by atoms with Crippen molar-refractivity contribution in [1.29, 1.82) is 0 Å². The SMILES string of the molecule is NCC(=O)Nc1ccc(Cl)c(NC(=O)/C=C/c2ccccc2)c1. The lowest BCUT2D eigenvalue weighted by Gasteiger charge is -2.09. The standard InChI is InChI=1S/C17H16ClN3O2/c18-14-8-7-13(20-17(23)11-19)10-15(14)21-16(22)9-6-12-4-2-1-3-5-12/h1-10H,11,19H2,(H,20,23)(H,21,22)/b9-6+. The van der Waals surface area contributed by atoms with Gasteiger partial charge in [0.2, 0.25) is 11.8 Å². The summed E-state index contributed by atoms with van der Waals surface area (Å²) in [5.41, 5.74) is 7.07. The van der Waals surface area contributed by atoms with Gasteiger partial charge in [0.15, 0.2) is 0 Å². The molecule has 23 heavy (non-hydrogen) atoms. The quantitative estimate of drug-likeness (QED) is 0.737. The lowest BCUT2D eigenvalue weighted by Crippen LogP contribution is -2.21. The van der Waals surface area contributed by atoms with Crippen LogP contribution in [0.1, 0.15) is 5.56 Å². The highest BCUT2D eigenvalue weighted by atomic mass is 35.5. The molecular formula is C17H16ClN3O2. The van der Waals surface area contributed by atoms with Gasteiger partial charge < -0.3 is 16.4 Å². The number of amides is 2. The zero-order valence-corrected chi connectivity index (χ0v) is 13.0. The normalized spacial score (nSPS) is 10.5. The van der Waals surface area contributed by atoms with Gasteiger partial charge >= 0.3 is 0 Å². The molecule has 118 valence electrons. The van der Waals surface area contributed by atoms with Gasteiger partial charge in [-0.05, 0) is 29.8 Å². The van der Waals surface area contributed by atoms with Crippen LogP contribution in [0.3, 0.4) is 0 Å². The van der Waals surface area contributed by atoms with Crippen molar-refractivity contribution in [2.24, 2.45) is 5.73 Å². The van der Waals surface area contributed by atoms with Crippen LogP contribution in [0.2, 0.25) is 5.02 Å². The maximum Gasteiger partial charge on any atom is 0.248 e. The molecule has 2 aromatic carbocycles. The molecule has 0 aromatic heterocycles. The van der Waals surface area contributed by atoms with Crippen LogP contribution in [-0.4, -0.2) is 18.4 Å². The number of nitrogens with two attached hydrogens (primary N) is 1. The topological polar surface area (TPSA) is 84.2 Å². The summed E-state index contributed by atoms with van der Waals surface area (Å²) in [7, 11) is 0. The Morgan fingerprint density at radius 2 is 1.83 bits per heavy atom. The molecule has 0 unspecified atom stereocenters. The van der Waals surface area contributed by atoms with Crippen LogP contribution < -0.4 is 16.4 Å². The number of benzene rings is 2. The molecule has 0 heterocycles. The van der Waals surface area contributed by atoms with Crippen LogP contribution in [0.15, 0.2) is 54.6 Å². The minimum atomic E-state index is -0.325. The summed E-state index contributed by atoms with van der Waals surface area (Å²) in [6.45, 7) is -0.121. The molecule has 4 N–H and O–H groups in total. The maximum absolute atomic E-state index is 12.0. The monoisotopic (exact) mass is 329 g/mol. The number of carbonyl (C=O) groups is 2. The van der Waals surface area contributed by atoms with Crippen molar-refractivity contribution in [3.63, 3.8) is 0 Å². The molecule has 2 aromatic rings. The molecule has 6 heteroatoms. The molecule has 0 fully saturated rings. The van der Waals surface area contributed by atoms with Crippen LogP contribution in [0.5, 0.6) is 0 Å². The third-order valence-electron chi connectivity index (χ3n) is 2.92. The van der Waals surface area contributed by atoms with E-state index >= 15 is 0 Å². The first-order chi connectivity index (χ1) is 11.1. The van der Waals surface area contributed by atoms with Gasteiger partial charge in [-0.2, -0.15) is 0 Å². The van der Waals surface area contributed by atoms with Gasteiger partial charge in [-0.15, -0.1) is 0 Å². The Morgan fingerprint density at radius 1 is 1.09 bits per heavy atom. The molecule has 0 atom stereocenters. The van der Waals surface area contributed by atoms with E-state index in [1.54, 1.807) is 24.3 Å². The van der Waals surface area contributed by atoms with Crippen molar-refractivity contribution < 1.29 is 9.59 Å². The fraction of sp³-hybridized carbons (Fsp3) is 0.0588. The minimum Gasteiger partial charge on any atom is -0.325 e. The largest absolute Gasteiger partial charge is 0.325 e. The molecule has 5 nitrogen and oxygen atoms in total. The van der Waals surface area contributed by atoms with Crippen LogP contribution in [0, 0.1) is 0 Å². The van der Waals surface area contributed by atoms with E-state index in [9.17, 15) is 9.59 Å². The van der Waals surface area contributed by atoms with Crippen LogP contribution >= 0.6 is 11.6 Å². The first kappa shape index (κ1) is 16.7. The summed E-state index contributed by atoms with van der Waals surface area (Å²) < 4.78 is 0. The predicted molar refractivity (Wildman–Crippen MR) is 93.2 cm³/mol. The summed E-state index contributed by atoms with van der Waals surface area (Å²) >= 11 is 6.05. The first-order valence-electron chi connectivity index (χ1n) is 6.92. The van der Waals surface area contributed by atoms with E-state index in [0.717, 1.165) is 5.56 Å². The minimum absolute atomic E-state index is 0.121. The summed E-state index contributed by atoms with van der Waals surface area (Å²) in [4.78, 5) is 23.3. The Kier molecular flexibility index (Phi) is 5.91. The molecule has 0 saturated carbocycles. The fourth-order valence-electron chi connectivity index (χ4n) is 1.82. The van der Waals surface area contributed by atoms with Crippen molar-refractivity contribution in [3.8, 4) is 0 Å². The second kappa shape index (κ2) is 8.12. The van der Waals surface area contributed by atoms with Gasteiger partial charge in [0.1, 0.15) is 0 Å². The Hall–Kier alpha value is -2.63. The van der Waals surface area contributed by atoms with Gasteiger partial charge in [-0.25, -0.2) is 0 Å². The van der Waals surface area contributed by atoms with E-state index in [0.29, 0.717) is 16.4 Å². The first-order valence-corrected chi connectivity index (χ1v) is 7.30. The zero-order chi connectivity index (χ0) is 16.7. The van der Waals surface area contributed by atoms with E-state index in [1.165, 1.54) is 6.08 Å². The molecule has 2 amide bonds. The lowest BCUT2D eigenvalue weighted by molar-refractivity contribution is -0.115. The maximum atomic E-state index is 12.0. The van der Waals surface area contributed by atoms with Crippen LogP contribution in [0.25, 0.3) is 6.08 Å². The van der Waals surface area contributed by atoms with E-state index in [1.807, 2.05) is 30.3 Å². The zero-order valence-electron chi connectivity index (χ0n) is 12.3. The van der Waals surface area contributed by atoms with Crippen LogP contribution in [0.4, 0.5) is 11.4 Å². The average molecular weight is 330 g/mol. The predicted octanol–water partition coefficient (Wildman–Crippen LogP) is 2.89. The molecule has 0 aliphatic rings. The highest BCUT2D eigenvalue weighted by molar-refractivity contribution is 6.34. The second-order valence-corrected chi connectivity index (χ2v) is 5.09. The lowest BCUT2D eigenvalue weighted by atomic mass is 10.2. The van der Waals surface area contributed by atoms with Crippen molar-refractivity contribution >= 4 is 40.9 Å². The third-order valence-corrected chi connectivity index (χ3v) is 3.25. The Morgan fingerprint density at radius 3 is 2.52 bits per heavy atom. The van der Waals surface area contributed by atoms with Gasteiger partial charge in [0, 0.05) is 11.8 Å². The third kappa shape index (κ3) is 5.25. The summed E-state index contributed by atoms with van der Waals surface area (Å²) in [5, 5.41) is 5.64. The number of halogens is 1. The number of carbonyl (C=O) groups excluding carboxylic acids is 2. The van der Waals surface area contributed by atoms with Crippen LogP contribution in [-0.2, 0) is 9.59 Å². The number of hydrogen-bond donors (Lipinski definition) is 3. The fourth-order valence-corrected chi connectivity index (χ4v) is 1.99. The van der Waals surface area contributed by atoms with Crippen molar-refractivity contribution in [1.82, 2.24) is 0 Å². The number of anilines is 2. The summed E-state index contributed by atoms with van der Waals surface area (Å²) in [5.74, 6) is -0.647. The molecule has 0 aliphatic heterocycles. The number of nitrogens with one attached hydrogen (secondary N) is 2. The van der Waals surface area contributed by atoms with Crippen molar-refractivity contribution in [2.75, 3.05) is 17.2 Å². The summed E-state index contributed by atoms with van der Waals surface area (Å²) in [6.07, 6.45) is 3.11. The van der Waals surface area contributed by atoms with Crippen molar-refractivity contribution in [2.45, 2.75) is 0 Å². The highest BCUT2D eigenvalue weighted by Crippen LogP contribution is 2.25. The van der Waals surface area contributed by atoms with E-state index < -0.39 is 0 Å².